The van der Waals surface area contributed by atoms with Crippen molar-refractivity contribution in [2.45, 2.75) is 17.6 Å². The maximum Gasteiger partial charge on any atom is 0.204 e. The number of benzene rings is 1. The first-order valence-electron chi connectivity index (χ1n) is 5.55. The standard InChI is InChI=1S/C13H9ClO3S2/c1-7-9(14)2-3-10-11(7)12(15)13-8(4-5-18-13)6-19(10,16)17/h2-5H,6H2,1H3. The number of ketones is 1. The number of sulfone groups is 1. The first-order chi connectivity index (χ1) is 8.92. The Hall–Kier alpha value is -1.17. The summed E-state index contributed by atoms with van der Waals surface area (Å²) in [5.41, 5.74) is 1.31. The van der Waals surface area contributed by atoms with E-state index in [0.717, 1.165) is 0 Å². The van der Waals surface area contributed by atoms with Crippen molar-refractivity contribution in [1.29, 1.82) is 0 Å². The maximum atomic E-state index is 12.5. The molecule has 0 atom stereocenters. The van der Waals surface area contributed by atoms with Crippen molar-refractivity contribution in [1.82, 2.24) is 0 Å². The Morgan fingerprint density at radius 1 is 1.26 bits per heavy atom. The molecule has 1 aromatic heterocycles. The van der Waals surface area contributed by atoms with Crippen LogP contribution in [0.2, 0.25) is 5.02 Å². The van der Waals surface area contributed by atoms with E-state index in [9.17, 15) is 13.2 Å². The molecule has 2 heterocycles. The van der Waals surface area contributed by atoms with Gasteiger partial charge in [0.05, 0.1) is 15.5 Å². The van der Waals surface area contributed by atoms with E-state index in [1.54, 1.807) is 18.4 Å². The maximum absolute atomic E-state index is 12.5. The van der Waals surface area contributed by atoms with Crippen LogP contribution in [-0.4, -0.2) is 14.2 Å². The van der Waals surface area contributed by atoms with Gasteiger partial charge in [0.2, 0.25) is 5.78 Å². The minimum Gasteiger partial charge on any atom is -0.288 e. The lowest BCUT2D eigenvalue weighted by molar-refractivity contribution is 0.103. The summed E-state index contributed by atoms with van der Waals surface area (Å²) in [5.74, 6) is -0.382. The second kappa shape index (κ2) is 4.16. The molecule has 98 valence electrons. The molecular formula is C13H9ClO3S2. The van der Waals surface area contributed by atoms with Crippen molar-refractivity contribution >= 4 is 38.6 Å². The van der Waals surface area contributed by atoms with Gasteiger partial charge < -0.3 is 0 Å². The molecule has 0 saturated carbocycles. The lowest BCUT2D eigenvalue weighted by Crippen LogP contribution is -2.08. The Morgan fingerprint density at radius 2 is 2.00 bits per heavy atom. The van der Waals surface area contributed by atoms with Crippen LogP contribution in [0.15, 0.2) is 28.5 Å². The van der Waals surface area contributed by atoms with Gasteiger partial charge in [-0.1, -0.05) is 11.6 Å². The van der Waals surface area contributed by atoms with Crippen molar-refractivity contribution in [3.05, 3.63) is 50.2 Å². The number of carbonyl (C=O) groups excluding carboxylic acids is 1. The topological polar surface area (TPSA) is 51.2 Å². The van der Waals surface area contributed by atoms with Crippen LogP contribution >= 0.6 is 22.9 Å². The van der Waals surface area contributed by atoms with Crippen LogP contribution in [0.4, 0.5) is 0 Å². The average molecular weight is 313 g/mol. The van der Waals surface area contributed by atoms with Gasteiger partial charge in [0.15, 0.2) is 9.84 Å². The van der Waals surface area contributed by atoms with E-state index in [4.69, 9.17) is 11.6 Å². The predicted molar refractivity (Wildman–Crippen MR) is 74.8 cm³/mol. The number of hydrogen-bond acceptors (Lipinski definition) is 4. The Morgan fingerprint density at radius 3 is 2.74 bits per heavy atom. The molecule has 0 saturated heterocycles. The molecule has 2 aromatic rings. The van der Waals surface area contributed by atoms with E-state index in [1.807, 2.05) is 0 Å². The quantitative estimate of drug-likeness (QED) is 0.750. The van der Waals surface area contributed by atoms with Crippen LogP contribution in [0, 0.1) is 6.92 Å². The smallest absolute Gasteiger partial charge is 0.204 e. The van der Waals surface area contributed by atoms with Crippen LogP contribution in [0.5, 0.6) is 0 Å². The summed E-state index contributed by atoms with van der Waals surface area (Å²) in [6.07, 6.45) is 0. The monoisotopic (exact) mass is 312 g/mol. The van der Waals surface area contributed by atoms with Gasteiger partial charge in [-0.3, -0.25) is 4.79 Å². The lowest BCUT2D eigenvalue weighted by atomic mass is 10.0. The summed E-state index contributed by atoms with van der Waals surface area (Å²) in [6, 6.07) is 4.65. The molecule has 1 aromatic carbocycles. The van der Waals surface area contributed by atoms with E-state index in [2.05, 4.69) is 0 Å². The van der Waals surface area contributed by atoms with Gasteiger partial charge in [-0.2, -0.15) is 0 Å². The molecule has 0 N–H and O–H groups in total. The Labute approximate surface area is 119 Å². The van der Waals surface area contributed by atoms with E-state index < -0.39 is 9.84 Å². The first kappa shape index (κ1) is 12.8. The molecule has 1 aliphatic heterocycles. The van der Waals surface area contributed by atoms with Gasteiger partial charge in [0, 0.05) is 10.6 Å². The van der Waals surface area contributed by atoms with Crippen LogP contribution < -0.4 is 0 Å². The molecule has 3 rings (SSSR count). The Bertz CT molecular complexity index is 803. The molecule has 6 heteroatoms. The number of fused-ring (bicyclic) bond motifs is 2. The fourth-order valence-corrected chi connectivity index (χ4v) is 5.00. The Kier molecular flexibility index (Phi) is 2.81. The summed E-state index contributed by atoms with van der Waals surface area (Å²) in [7, 11) is -3.51. The second-order valence-corrected chi connectivity index (χ2v) is 7.69. The highest BCUT2D eigenvalue weighted by molar-refractivity contribution is 7.90. The van der Waals surface area contributed by atoms with E-state index >= 15 is 0 Å². The van der Waals surface area contributed by atoms with Crippen LogP contribution in [0.3, 0.4) is 0 Å². The summed E-state index contributed by atoms with van der Waals surface area (Å²) in [5, 5.41) is 2.14. The second-order valence-electron chi connectivity index (χ2n) is 4.41. The molecule has 0 amide bonds. The molecular weight excluding hydrogens is 304 g/mol. The van der Waals surface area contributed by atoms with E-state index in [1.165, 1.54) is 23.5 Å². The van der Waals surface area contributed by atoms with Crippen molar-refractivity contribution in [2.75, 3.05) is 0 Å². The van der Waals surface area contributed by atoms with Crippen molar-refractivity contribution in [3.63, 3.8) is 0 Å². The highest BCUT2D eigenvalue weighted by atomic mass is 35.5. The number of thiophene rings is 1. The highest BCUT2D eigenvalue weighted by Gasteiger charge is 2.32. The number of halogens is 1. The molecule has 0 bridgehead atoms. The largest absolute Gasteiger partial charge is 0.288 e. The zero-order valence-electron chi connectivity index (χ0n) is 9.94. The van der Waals surface area contributed by atoms with Gasteiger partial charge in [0.1, 0.15) is 0 Å². The van der Waals surface area contributed by atoms with Crippen molar-refractivity contribution in [3.8, 4) is 0 Å². The third kappa shape index (κ3) is 1.84. The molecule has 0 spiro atoms. The first-order valence-corrected chi connectivity index (χ1v) is 8.46. The summed E-state index contributed by atoms with van der Waals surface area (Å²) >= 11 is 7.28. The molecule has 3 nitrogen and oxygen atoms in total. The number of hydrogen-bond donors (Lipinski definition) is 0. The Balaban J connectivity index is 2.45. The normalized spacial score (nSPS) is 16.6. The van der Waals surface area contributed by atoms with E-state index in [-0.39, 0.29) is 22.0 Å². The number of rotatable bonds is 0. The van der Waals surface area contributed by atoms with Gasteiger partial charge in [-0.05, 0) is 41.6 Å². The average Bonchev–Trinajstić information content (AvgIpc) is 2.75. The van der Waals surface area contributed by atoms with Gasteiger partial charge in [-0.15, -0.1) is 11.3 Å². The van der Waals surface area contributed by atoms with Crippen molar-refractivity contribution < 1.29 is 13.2 Å². The minimum atomic E-state index is -3.51. The molecule has 1 aliphatic rings. The highest BCUT2D eigenvalue weighted by Crippen LogP contribution is 2.35. The molecule has 0 aliphatic carbocycles. The van der Waals surface area contributed by atoms with Crippen LogP contribution in [0.25, 0.3) is 0 Å². The molecule has 0 fully saturated rings. The summed E-state index contributed by atoms with van der Waals surface area (Å²) in [4.78, 5) is 13.1. The fraction of sp³-hybridized carbons (Fsp3) is 0.154. The van der Waals surface area contributed by atoms with Gasteiger partial charge >= 0.3 is 0 Å². The van der Waals surface area contributed by atoms with Gasteiger partial charge in [0.25, 0.3) is 0 Å². The lowest BCUT2D eigenvalue weighted by Gasteiger charge is -2.09. The molecule has 0 unspecified atom stereocenters. The van der Waals surface area contributed by atoms with E-state index in [0.29, 0.717) is 21.0 Å². The van der Waals surface area contributed by atoms with Gasteiger partial charge in [-0.25, -0.2) is 8.42 Å². The van der Waals surface area contributed by atoms with Crippen LogP contribution in [0.1, 0.15) is 26.4 Å². The summed E-state index contributed by atoms with van der Waals surface area (Å²) in [6.45, 7) is 1.67. The predicted octanol–water partition coefficient (Wildman–Crippen LogP) is 3.23. The number of carbonyl (C=O) groups is 1. The fourth-order valence-electron chi connectivity index (χ4n) is 2.25. The van der Waals surface area contributed by atoms with Crippen LogP contribution in [-0.2, 0) is 15.6 Å². The SMILES string of the molecule is Cc1c(Cl)ccc2c1C(=O)c1sccc1CS2(=O)=O. The zero-order chi connectivity index (χ0) is 13.8. The molecule has 0 radical (unpaired) electrons. The minimum absolute atomic E-state index is 0.0859. The van der Waals surface area contributed by atoms with Crippen molar-refractivity contribution in [2.24, 2.45) is 0 Å². The third-order valence-corrected chi connectivity index (χ3v) is 6.29. The summed E-state index contributed by atoms with van der Waals surface area (Å²) < 4.78 is 24.7. The third-order valence-electron chi connectivity index (χ3n) is 3.22. The zero-order valence-corrected chi connectivity index (χ0v) is 12.3. The molecule has 19 heavy (non-hydrogen) atoms.